The van der Waals surface area contributed by atoms with Crippen LogP contribution >= 0.6 is 0 Å². The minimum absolute atomic E-state index is 0.643. The normalized spacial score (nSPS) is 10.5. The van der Waals surface area contributed by atoms with Crippen LogP contribution in [0.3, 0.4) is 0 Å². The monoisotopic (exact) mass is 264 g/mol. The van der Waals surface area contributed by atoms with Crippen molar-refractivity contribution in [3.8, 4) is 5.88 Å². The van der Waals surface area contributed by atoms with E-state index in [1.807, 2.05) is 42.5 Å². The number of pyridine rings is 1. The molecule has 0 fully saturated rings. The molecular formula is C17H16N2O. The lowest BCUT2D eigenvalue weighted by atomic mass is 10.1. The molecule has 0 aliphatic heterocycles. The van der Waals surface area contributed by atoms with Gasteiger partial charge in [-0.05, 0) is 42.8 Å². The van der Waals surface area contributed by atoms with Crippen LogP contribution in [0, 0.1) is 6.92 Å². The Morgan fingerprint density at radius 2 is 1.75 bits per heavy atom. The quantitative estimate of drug-likeness (QED) is 0.766. The number of benzene rings is 2. The van der Waals surface area contributed by atoms with Gasteiger partial charge in [-0.15, -0.1) is 0 Å². The fraction of sp³-hybridized carbons (Fsp3) is 0.118. The van der Waals surface area contributed by atoms with Crippen molar-refractivity contribution < 1.29 is 4.74 Å². The van der Waals surface area contributed by atoms with Crippen molar-refractivity contribution in [3.63, 3.8) is 0 Å². The van der Waals surface area contributed by atoms with Gasteiger partial charge in [0, 0.05) is 22.8 Å². The molecule has 3 heteroatoms. The molecule has 3 nitrogen and oxygen atoms in total. The average Bonchev–Trinajstić information content (AvgIpc) is 2.48. The first kappa shape index (κ1) is 12.5. The van der Waals surface area contributed by atoms with Gasteiger partial charge in [0.15, 0.2) is 0 Å². The second-order valence-corrected chi connectivity index (χ2v) is 4.71. The first-order chi connectivity index (χ1) is 9.76. The molecule has 1 N–H and O–H groups in total. The molecule has 0 atom stereocenters. The molecule has 0 unspecified atom stereocenters. The lowest BCUT2D eigenvalue weighted by molar-refractivity contribution is 0.399. The number of hydrogen-bond acceptors (Lipinski definition) is 3. The number of hydrogen-bond donors (Lipinski definition) is 1. The van der Waals surface area contributed by atoms with Gasteiger partial charge in [-0.25, -0.2) is 4.98 Å². The van der Waals surface area contributed by atoms with Crippen LogP contribution in [0.5, 0.6) is 5.88 Å². The van der Waals surface area contributed by atoms with Crippen molar-refractivity contribution in [1.82, 2.24) is 4.98 Å². The molecule has 1 heterocycles. The van der Waals surface area contributed by atoms with Crippen molar-refractivity contribution in [2.24, 2.45) is 0 Å². The summed E-state index contributed by atoms with van der Waals surface area (Å²) < 4.78 is 5.18. The maximum atomic E-state index is 5.18. The number of para-hydroxylation sites is 1. The van der Waals surface area contributed by atoms with E-state index in [-0.39, 0.29) is 0 Å². The van der Waals surface area contributed by atoms with Gasteiger partial charge in [0.1, 0.15) is 0 Å². The van der Waals surface area contributed by atoms with E-state index in [2.05, 4.69) is 29.4 Å². The van der Waals surface area contributed by atoms with E-state index in [9.17, 15) is 0 Å². The standard InChI is InChI=1S/C17H16N2O/c1-12-10-15(18-14-6-4-3-5-7-14)11-13-8-9-16(20-2)19-17(12)13/h3-11,18H,1-2H3. The Morgan fingerprint density at radius 1 is 0.950 bits per heavy atom. The van der Waals surface area contributed by atoms with Crippen molar-refractivity contribution >= 4 is 22.3 Å². The number of ether oxygens (including phenoxy) is 1. The van der Waals surface area contributed by atoms with E-state index in [4.69, 9.17) is 4.74 Å². The Balaban J connectivity index is 2.02. The van der Waals surface area contributed by atoms with E-state index >= 15 is 0 Å². The number of nitrogens with one attached hydrogen (secondary N) is 1. The molecule has 100 valence electrons. The summed E-state index contributed by atoms with van der Waals surface area (Å²) >= 11 is 0. The zero-order chi connectivity index (χ0) is 13.9. The van der Waals surface area contributed by atoms with Gasteiger partial charge in [0.05, 0.1) is 12.6 Å². The van der Waals surface area contributed by atoms with Gasteiger partial charge < -0.3 is 10.1 Å². The molecule has 0 aliphatic rings. The third-order valence-electron chi connectivity index (χ3n) is 3.23. The van der Waals surface area contributed by atoms with Gasteiger partial charge in [0.25, 0.3) is 0 Å². The van der Waals surface area contributed by atoms with Crippen molar-refractivity contribution in [3.05, 3.63) is 60.2 Å². The predicted molar refractivity (Wildman–Crippen MR) is 82.8 cm³/mol. The summed E-state index contributed by atoms with van der Waals surface area (Å²) in [5, 5.41) is 4.51. The Morgan fingerprint density at radius 3 is 2.50 bits per heavy atom. The summed E-state index contributed by atoms with van der Waals surface area (Å²) in [7, 11) is 1.63. The minimum atomic E-state index is 0.643. The van der Waals surface area contributed by atoms with Gasteiger partial charge in [-0.3, -0.25) is 0 Å². The second kappa shape index (κ2) is 5.21. The van der Waals surface area contributed by atoms with Crippen molar-refractivity contribution in [2.45, 2.75) is 6.92 Å². The number of anilines is 2. The molecular weight excluding hydrogens is 248 g/mol. The van der Waals surface area contributed by atoms with Crippen LogP contribution in [-0.4, -0.2) is 12.1 Å². The molecule has 3 aromatic rings. The maximum absolute atomic E-state index is 5.18. The van der Waals surface area contributed by atoms with Crippen LogP contribution in [0.2, 0.25) is 0 Å². The van der Waals surface area contributed by atoms with E-state index < -0.39 is 0 Å². The highest BCUT2D eigenvalue weighted by atomic mass is 16.5. The topological polar surface area (TPSA) is 34.1 Å². The third-order valence-corrected chi connectivity index (χ3v) is 3.23. The lowest BCUT2D eigenvalue weighted by Gasteiger charge is -2.10. The SMILES string of the molecule is COc1ccc2cc(Nc3ccccc3)cc(C)c2n1. The van der Waals surface area contributed by atoms with Crippen LogP contribution in [0.4, 0.5) is 11.4 Å². The molecule has 0 spiro atoms. The number of aryl methyl sites for hydroxylation is 1. The van der Waals surface area contributed by atoms with Gasteiger partial charge >= 0.3 is 0 Å². The Labute approximate surface area is 118 Å². The van der Waals surface area contributed by atoms with Gasteiger partial charge in [-0.2, -0.15) is 0 Å². The zero-order valence-electron chi connectivity index (χ0n) is 11.6. The number of aromatic nitrogens is 1. The first-order valence-corrected chi connectivity index (χ1v) is 6.54. The summed E-state index contributed by atoms with van der Waals surface area (Å²) in [6.07, 6.45) is 0. The third kappa shape index (κ3) is 2.43. The summed E-state index contributed by atoms with van der Waals surface area (Å²) in [4.78, 5) is 4.49. The lowest BCUT2D eigenvalue weighted by Crippen LogP contribution is -1.94. The Bertz CT molecular complexity index is 739. The molecule has 0 radical (unpaired) electrons. The van der Waals surface area contributed by atoms with Crippen molar-refractivity contribution in [2.75, 3.05) is 12.4 Å². The number of fused-ring (bicyclic) bond motifs is 1. The van der Waals surface area contributed by atoms with E-state index in [1.165, 1.54) is 0 Å². The average molecular weight is 264 g/mol. The van der Waals surface area contributed by atoms with Crippen LogP contribution in [0.1, 0.15) is 5.56 Å². The fourth-order valence-corrected chi connectivity index (χ4v) is 2.27. The molecule has 1 aromatic heterocycles. The molecule has 0 saturated heterocycles. The van der Waals surface area contributed by atoms with Crippen LogP contribution in [0.25, 0.3) is 10.9 Å². The molecule has 0 saturated carbocycles. The molecule has 2 aromatic carbocycles. The number of rotatable bonds is 3. The predicted octanol–water partition coefficient (Wildman–Crippen LogP) is 4.30. The van der Waals surface area contributed by atoms with Crippen LogP contribution in [0.15, 0.2) is 54.6 Å². The summed E-state index contributed by atoms with van der Waals surface area (Å²) in [5.74, 6) is 0.643. The van der Waals surface area contributed by atoms with E-state index in [1.54, 1.807) is 7.11 Å². The molecule has 0 aliphatic carbocycles. The summed E-state index contributed by atoms with van der Waals surface area (Å²) in [6, 6.07) is 18.2. The highest BCUT2D eigenvalue weighted by Crippen LogP contribution is 2.26. The number of nitrogens with zero attached hydrogens (tertiary/aromatic N) is 1. The Kier molecular flexibility index (Phi) is 3.25. The summed E-state index contributed by atoms with van der Waals surface area (Å²) in [5.41, 5.74) is 4.24. The van der Waals surface area contributed by atoms with E-state index in [0.717, 1.165) is 27.8 Å². The number of methoxy groups -OCH3 is 1. The summed E-state index contributed by atoms with van der Waals surface area (Å²) in [6.45, 7) is 2.06. The van der Waals surface area contributed by atoms with Crippen LogP contribution in [-0.2, 0) is 0 Å². The highest BCUT2D eigenvalue weighted by molar-refractivity contribution is 5.86. The molecule has 20 heavy (non-hydrogen) atoms. The minimum Gasteiger partial charge on any atom is -0.481 e. The molecule has 3 rings (SSSR count). The smallest absolute Gasteiger partial charge is 0.213 e. The largest absolute Gasteiger partial charge is 0.481 e. The molecule has 0 amide bonds. The maximum Gasteiger partial charge on any atom is 0.213 e. The Hall–Kier alpha value is -2.55. The second-order valence-electron chi connectivity index (χ2n) is 4.71. The highest BCUT2D eigenvalue weighted by Gasteiger charge is 2.04. The first-order valence-electron chi connectivity index (χ1n) is 6.54. The zero-order valence-corrected chi connectivity index (χ0v) is 11.6. The van der Waals surface area contributed by atoms with Crippen LogP contribution < -0.4 is 10.1 Å². The van der Waals surface area contributed by atoms with Crippen molar-refractivity contribution in [1.29, 1.82) is 0 Å². The van der Waals surface area contributed by atoms with Gasteiger partial charge in [0.2, 0.25) is 5.88 Å². The van der Waals surface area contributed by atoms with Gasteiger partial charge in [-0.1, -0.05) is 18.2 Å². The molecule has 0 bridgehead atoms. The van der Waals surface area contributed by atoms with E-state index in [0.29, 0.717) is 5.88 Å². The fourth-order valence-electron chi connectivity index (χ4n) is 2.27.